The van der Waals surface area contributed by atoms with E-state index in [1.807, 2.05) is 0 Å². The molecular weight excluding hydrogens is 348 g/mol. The number of aryl methyl sites for hydroxylation is 1. The molecule has 0 amide bonds. The molecule has 2 aliphatic heterocycles. The number of nitrogens with zero attached hydrogens (tertiary/aromatic N) is 3. The molecule has 0 unspecified atom stereocenters. The fourth-order valence-electron chi connectivity index (χ4n) is 4.55. The van der Waals surface area contributed by atoms with E-state index < -0.39 is 0 Å². The van der Waals surface area contributed by atoms with Gasteiger partial charge in [0.1, 0.15) is 0 Å². The Hall–Kier alpha value is -2.50. The number of benzene rings is 2. The molecule has 5 nitrogen and oxygen atoms in total. The fourth-order valence-corrected chi connectivity index (χ4v) is 4.55. The standard InChI is InChI=1S/C23H28N4O/c1-2-26-22-6-4-3-5-20(22)21-15-18(7-8-23(21)26)27-17-24-16-19(27)9-10-25-11-13-28-14-12-25/h3-8,15-16,24H,2,9-14,17H2,1H3. The van der Waals surface area contributed by atoms with Crippen LogP contribution in [0.25, 0.3) is 21.8 Å². The van der Waals surface area contributed by atoms with Gasteiger partial charge in [0, 0.05) is 72.0 Å². The first-order chi connectivity index (χ1) is 13.8. The van der Waals surface area contributed by atoms with Crippen LogP contribution in [-0.2, 0) is 11.3 Å². The van der Waals surface area contributed by atoms with Crippen LogP contribution in [0.2, 0.25) is 0 Å². The van der Waals surface area contributed by atoms with Gasteiger partial charge in [0.2, 0.25) is 0 Å². The smallest absolute Gasteiger partial charge is 0.0919 e. The molecule has 1 aromatic heterocycles. The topological polar surface area (TPSA) is 32.7 Å². The minimum atomic E-state index is 0.844. The van der Waals surface area contributed by atoms with E-state index in [2.05, 4.69) is 75.3 Å². The molecule has 1 saturated heterocycles. The van der Waals surface area contributed by atoms with E-state index in [4.69, 9.17) is 4.74 Å². The minimum Gasteiger partial charge on any atom is -0.379 e. The van der Waals surface area contributed by atoms with Gasteiger partial charge in [0.25, 0.3) is 0 Å². The molecule has 0 radical (unpaired) electrons. The van der Waals surface area contributed by atoms with Crippen LogP contribution in [0, 0.1) is 0 Å². The average molecular weight is 377 g/mol. The first-order valence-electron chi connectivity index (χ1n) is 10.4. The fraction of sp³-hybridized carbons (Fsp3) is 0.391. The Morgan fingerprint density at radius 2 is 1.82 bits per heavy atom. The van der Waals surface area contributed by atoms with Crippen LogP contribution in [0.15, 0.2) is 54.4 Å². The molecule has 5 heteroatoms. The second-order valence-electron chi connectivity index (χ2n) is 7.59. The highest BCUT2D eigenvalue weighted by Crippen LogP contribution is 2.33. The predicted molar refractivity (Wildman–Crippen MR) is 116 cm³/mol. The van der Waals surface area contributed by atoms with Crippen molar-refractivity contribution < 1.29 is 4.74 Å². The number of hydrogen-bond acceptors (Lipinski definition) is 4. The molecule has 1 fully saturated rings. The van der Waals surface area contributed by atoms with Crippen LogP contribution < -0.4 is 10.2 Å². The van der Waals surface area contributed by atoms with Crippen LogP contribution in [0.1, 0.15) is 13.3 Å². The van der Waals surface area contributed by atoms with E-state index in [0.717, 1.165) is 52.5 Å². The summed E-state index contributed by atoms with van der Waals surface area (Å²) in [6, 6.07) is 15.6. The first-order valence-corrected chi connectivity index (χ1v) is 10.4. The van der Waals surface area contributed by atoms with Gasteiger partial charge in [0.15, 0.2) is 0 Å². The molecule has 2 aromatic carbocycles. The van der Waals surface area contributed by atoms with Gasteiger partial charge in [-0.15, -0.1) is 0 Å². The lowest BCUT2D eigenvalue weighted by Gasteiger charge is -2.28. The molecule has 1 N–H and O–H groups in total. The Bertz CT molecular complexity index is 1020. The lowest BCUT2D eigenvalue weighted by atomic mass is 10.1. The molecule has 146 valence electrons. The summed E-state index contributed by atoms with van der Waals surface area (Å²) in [6.45, 7) is 8.95. The second kappa shape index (κ2) is 7.49. The van der Waals surface area contributed by atoms with Gasteiger partial charge in [-0.3, -0.25) is 4.90 Å². The summed E-state index contributed by atoms with van der Waals surface area (Å²) >= 11 is 0. The summed E-state index contributed by atoms with van der Waals surface area (Å²) in [5.74, 6) is 0. The van der Waals surface area contributed by atoms with Gasteiger partial charge in [-0.25, -0.2) is 0 Å². The number of anilines is 1. The molecule has 0 aliphatic carbocycles. The molecule has 3 heterocycles. The number of rotatable bonds is 5. The monoisotopic (exact) mass is 376 g/mol. The van der Waals surface area contributed by atoms with Crippen molar-refractivity contribution in [3.05, 3.63) is 54.4 Å². The highest BCUT2D eigenvalue weighted by Gasteiger charge is 2.20. The van der Waals surface area contributed by atoms with Crippen molar-refractivity contribution in [2.45, 2.75) is 19.9 Å². The number of ether oxygens (including phenoxy) is 1. The summed E-state index contributed by atoms with van der Waals surface area (Å²) < 4.78 is 7.88. The third-order valence-electron chi connectivity index (χ3n) is 6.04. The van der Waals surface area contributed by atoms with Crippen LogP contribution in [0.5, 0.6) is 0 Å². The molecule has 0 bridgehead atoms. The van der Waals surface area contributed by atoms with Crippen LogP contribution in [-0.4, -0.2) is 49.0 Å². The van der Waals surface area contributed by atoms with E-state index >= 15 is 0 Å². The highest BCUT2D eigenvalue weighted by atomic mass is 16.5. The quantitative estimate of drug-likeness (QED) is 0.735. The zero-order chi connectivity index (χ0) is 18.9. The lowest BCUT2D eigenvalue weighted by Crippen LogP contribution is -2.37. The van der Waals surface area contributed by atoms with E-state index in [1.54, 1.807) is 0 Å². The number of morpholine rings is 1. The van der Waals surface area contributed by atoms with Crippen molar-refractivity contribution in [1.29, 1.82) is 0 Å². The molecule has 28 heavy (non-hydrogen) atoms. The SMILES string of the molecule is CCn1c2ccccc2c2cc(N3CNC=C3CCN3CCOCC3)ccc21. The van der Waals surface area contributed by atoms with Gasteiger partial charge in [-0.1, -0.05) is 18.2 Å². The van der Waals surface area contributed by atoms with Gasteiger partial charge in [-0.05, 0) is 31.2 Å². The molecular formula is C23H28N4O. The van der Waals surface area contributed by atoms with E-state index in [9.17, 15) is 0 Å². The van der Waals surface area contributed by atoms with Crippen LogP contribution in [0.3, 0.4) is 0 Å². The predicted octanol–water partition coefficient (Wildman–Crippen LogP) is 3.75. The Labute approximate surface area is 166 Å². The van der Waals surface area contributed by atoms with E-state index in [0.29, 0.717) is 0 Å². The number of hydrogen-bond donors (Lipinski definition) is 1. The maximum Gasteiger partial charge on any atom is 0.0919 e. The van der Waals surface area contributed by atoms with Crippen molar-refractivity contribution in [1.82, 2.24) is 14.8 Å². The maximum atomic E-state index is 5.47. The maximum absolute atomic E-state index is 5.47. The minimum absolute atomic E-state index is 0.844. The number of aromatic nitrogens is 1. The van der Waals surface area contributed by atoms with Crippen LogP contribution >= 0.6 is 0 Å². The zero-order valence-corrected chi connectivity index (χ0v) is 16.5. The van der Waals surface area contributed by atoms with E-state index in [1.165, 1.54) is 33.2 Å². The summed E-state index contributed by atoms with van der Waals surface area (Å²) in [4.78, 5) is 4.91. The molecule has 2 aliphatic rings. The lowest BCUT2D eigenvalue weighted by molar-refractivity contribution is 0.0384. The molecule has 0 spiro atoms. The zero-order valence-electron chi connectivity index (χ0n) is 16.5. The summed E-state index contributed by atoms with van der Waals surface area (Å²) in [6.07, 6.45) is 3.24. The van der Waals surface area contributed by atoms with Gasteiger partial charge in [0.05, 0.1) is 19.9 Å². The van der Waals surface area contributed by atoms with Crippen molar-refractivity contribution in [3.63, 3.8) is 0 Å². The Morgan fingerprint density at radius 1 is 1.00 bits per heavy atom. The van der Waals surface area contributed by atoms with Crippen molar-refractivity contribution >= 4 is 27.5 Å². The first kappa shape index (κ1) is 17.6. The Morgan fingerprint density at radius 3 is 2.68 bits per heavy atom. The van der Waals surface area contributed by atoms with Gasteiger partial charge in [-0.2, -0.15) is 0 Å². The molecule has 0 saturated carbocycles. The third kappa shape index (κ3) is 3.05. The highest BCUT2D eigenvalue weighted by molar-refractivity contribution is 6.09. The van der Waals surface area contributed by atoms with Crippen molar-refractivity contribution in [2.75, 3.05) is 44.4 Å². The molecule has 3 aromatic rings. The van der Waals surface area contributed by atoms with Gasteiger partial charge < -0.3 is 19.5 Å². The normalized spacial score (nSPS) is 18.0. The van der Waals surface area contributed by atoms with Crippen molar-refractivity contribution in [2.24, 2.45) is 0 Å². The Kier molecular flexibility index (Phi) is 4.71. The van der Waals surface area contributed by atoms with Crippen LogP contribution in [0.4, 0.5) is 5.69 Å². The summed E-state index contributed by atoms with van der Waals surface area (Å²) in [5, 5.41) is 6.11. The largest absolute Gasteiger partial charge is 0.379 e. The number of nitrogens with one attached hydrogen (secondary N) is 1. The van der Waals surface area contributed by atoms with Crippen molar-refractivity contribution in [3.8, 4) is 0 Å². The third-order valence-corrected chi connectivity index (χ3v) is 6.04. The molecule has 0 atom stereocenters. The van der Waals surface area contributed by atoms with E-state index in [-0.39, 0.29) is 0 Å². The average Bonchev–Trinajstić information content (AvgIpc) is 3.35. The Balaban J connectivity index is 1.43. The van der Waals surface area contributed by atoms with Gasteiger partial charge >= 0.3 is 0 Å². The second-order valence-corrected chi connectivity index (χ2v) is 7.59. The summed E-state index contributed by atoms with van der Waals surface area (Å²) in [7, 11) is 0. The number of para-hydroxylation sites is 1. The number of fused-ring (bicyclic) bond motifs is 3. The molecule has 5 rings (SSSR count). The summed E-state index contributed by atoms with van der Waals surface area (Å²) in [5.41, 5.74) is 5.27.